The van der Waals surface area contributed by atoms with E-state index in [1.807, 2.05) is 0 Å². The van der Waals surface area contributed by atoms with Crippen molar-refractivity contribution in [3.05, 3.63) is 0 Å². The minimum Gasteiger partial charge on any atom is -0.378 e. The summed E-state index contributed by atoms with van der Waals surface area (Å²) in [6, 6.07) is 0.301. The van der Waals surface area contributed by atoms with E-state index in [-0.39, 0.29) is 5.60 Å². The van der Waals surface area contributed by atoms with Crippen molar-refractivity contribution < 1.29 is 9.47 Å². The monoisotopic (exact) mass is 269 g/mol. The van der Waals surface area contributed by atoms with Crippen LogP contribution in [-0.4, -0.2) is 31.5 Å². The van der Waals surface area contributed by atoms with Crippen molar-refractivity contribution in [1.29, 1.82) is 0 Å². The van der Waals surface area contributed by atoms with E-state index in [1.54, 1.807) is 0 Å². The molecule has 0 aliphatic carbocycles. The quantitative estimate of drug-likeness (QED) is 0.856. The van der Waals surface area contributed by atoms with Crippen molar-refractivity contribution in [1.82, 2.24) is 0 Å². The third-order valence-electron chi connectivity index (χ3n) is 5.31. The normalized spacial score (nSPS) is 35.5. The Balaban J connectivity index is 1.90. The maximum absolute atomic E-state index is 6.50. The Hall–Kier alpha value is -0.120. The Morgan fingerprint density at radius 2 is 2.05 bits per heavy atom. The van der Waals surface area contributed by atoms with Gasteiger partial charge in [0.1, 0.15) is 0 Å². The molecule has 0 radical (unpaired) electrons. The van der Waals surface area contributed by atoms with Crippen LogP contribution in [0, 0.1) is 17.3 Å². The molecule has 2 aliphatic heterocycles. The summed E-state index contributed by atoms with van der Waals surface area (Å²) >= 11 is 0. The van der Waals surface area contributed by atoms with Gasteiger partial charge in [0.15, 0.2) is 0 Å². The van der Waals surface area contributed by atoms with Crippen molar-refractivity contribution in [2.45, 2.75) is 65.0 Å². The molecule has 0 bridgehead atoms. The predicted molar refractivity (Wildman–Crippen MR) is 78.1 cm³/mol. The molecule has 19 heavy (non-hydrogen) atoms. The molecule has 4 unspecified atom stereocenters. The molecule has 3 heteroatoms. The average Bonchev–Trinajstić information content (AvgIpc) is 2.76. The first-order valence-electron chi connectivity index (χ1n) is 7.80. The third-order valence-corrected chi connectivity index (χ3v) is 5.31. The van der Waals surface area contributed by atoms with Crippen LogP contribution in [0.1, 0.15) is 53.4 Å². The van der Waals surface area contributed by atoms with Crippen molar-refractivity contribution >= 4 is 0 Å². The lowest BCUT2D eigenvalue weighted by Crippen LogP contribution is -2.46. The fourth-order valence-corrected chi connectivity index (χ4v) is 3.25. The van der Waals surface area contributed by atoms with Crippen LogP contribution in [0.15, 0.2) is 0 Å². The summed E-state index contributed by atoms with van der Waals surface area (Å²) in [5, 5.41) is 0. The molecule has 0 aromatic carbocycles. The fraction of sp³-hybridized carbons (Fsp3) is 1.00. The van der Waals surface area contributed by atoms with Gasteiger partial charge >= 0.3 is 0 Å². The largest absolute Gasteiger partial charge is 0.378 e. The maximum atomic E-state index is 6.50. The second-order valence-electron chi connectivity index (χ2n) is 7.75. The highest BCUT2D eigenvalue weighted by Gasteiger charge is 2.42. The second-order valence-corrected chi connectivity index (χ2v) is 7.75. The number of hydrogen-bond donors (Lipinski definition) is 1. The zero-order valence-corrected chi connectivity index (χ0v) is 13.1. The molecule has 2 N–H and O–H groups in total. The zero-order valence-electron chi connectivity index (χ0n) is 13.1. The van der Waals surface area contributed by atoms with Crippen LogP contribution in [0.5, 0.6) is 0 Å². The minimum absolute atomic E-state index is 0.00843. The van der Waals surface area contributed by atoms with Crippen molar-refractivity contribution in [3.8, 4) is 0 Å². The summed E-state index contributed by atoms with van der Waals surface area (Å²) in [7, 11) is 0. The lowest BCUT2D eigenvalue weighted by Gasteiger charge is -2.41. The summed E-state index contributed by atoms with van der Waals surface area (Å²) in [6.45, 7) is 11.7. The Bertz CT molecular complexity index is 292. The van der Waals surface area contributed by atoms with Crippen molar-refractivity contribution in [2.75, 3.05) is 19.8 Å². The Morgan fingerprint density at radius 3 is 2.63 bits per heavy atom. The molecule has 1 spiro atoms. The molecule has 0 saturated carbocycles. The van der Waals surface area contributed by atoms with Crippen LogP contribution in [0.3, 0.4) is 0 Å². The highest BCUT2D eigenvalue weighted by Crippen LogP contribution is 2.39. The Labute approximate surface area is 118 Å². The van der Waals surface area contributed by atoms with E-state index in [4.69, 9.17) is 15.2 Å². The Morgan fingerprint density at radius 1 is 1.32 bits per heavy atom. The standard InChI is InChI=1S/C16H31NO2/c1-12(15(2,3)4)9-14(17)13-5-7-19-16(10-13)6-8-18-11-16/h12-14H,5-11,17H2,1-4H3. The molecule has 0 aromatic rings. The second kappa shape index (κ2) is 5.71. The van der Waals surface area contributed by atoms with E-state index < -0.39 is 0 Å². The van der Waals surface area contributed by atoms with Gasteiger partial charge in [-0.3, -0.25) is 0 Å². The first kappa shape index (κ1) is 15.3. The van der Waals surface area contributed by atoms with Gasteiger partial charge in [-0.25, -0.2) is 0 Å². The van der Waals surface area contributed by atoms with Gasteiger partial charge in [-0.2, -0.15) is 0 Å². The zero-order chi connectivity index (χ0) is 14.1. The molecule has 3 nitrogen and oxygen atoms in total. The number of nitrogens with two attached hydrogens (primary N) is 1. The van der Waals surface area contributed by atoms with Crippen LogP contribution in [0.2, 0.25) is 0 Å². The lowest BCUT2D eigenvalue weighted by molar-refractivity contribution is -0.102. The smallest absolute Gasteiger partial charge is 0.0939 e. The van der Waals surface area contributed by atoms with Crippen molar-refractivity contribution in [3.63, 3.8) is 0 Å². The molecule has 112 valence electrons. The molecule has 0 amide bonds. The van der Waals surface area contributed by atoms with E-state index in [2.05, 4.69) is 27.7 Å². The lowest BCUT2D eigenvalue weighted by atomic mass is 9.74. The fourth-order valence-electron chi connectivity index (χ4n) is 3.25. The Kier molecular flexibility index (Phi) is 4.59. The highest BCUT2D eigenvalue weighted by molar-refractivity contribution is 4.93. The van der Waals surface area contributed by atoms with Gasteiger partial charge < -0.3 is 15.2 Å². The average molecular weight is 269 g/mol. The van der Waals surface area contributed by atoms with E-state index in [0.717, 1.165) is 45.5 Å². The van der Waals surface area contributed by atoms with Crippen LogP contribution >= 0.6 is 0 Å². The summed E-state index contributed by atoms with van der Waals surface area (Å²) < 4.78 is 11.5. The molecular formula is C16H31NO2. The number of ether oxygens (including phenoxy) is 2. The van der Waals surface area contributed by atoms with Gasteiger partial charge in [0.05, 0.1) is 12.2 Å². The van der Waals surface area contributed by atoms with Gasteiger partial charge in [0, 0.05) is 25.7 Å². The van der Waals surface area contributed by atoms with Gasteiger partial charge in [0.2, 0.25) is 0 Å². The highest BCUT2D eigenvalue weighted by atomic mass is 16.6. The summed E-state index contributed by atoms with van der Waals surface area (Å²) in [5.74, 6) is 1.25. The SMILES string of the molecule is CC(CC(N)C1CCOC2(CCOC2)C1)C(C)(C)C. The molecule has 4 atom stereocenters. The predicted octanol–water partition coefficient (Wildman–Crippen LogP) is 2.97. The number of hydrogen-bond acceptors (Lipinski definition) is 3. The topological polar surface area (TPSA) is 44.5 Å². The minimum atomic E-state index is -0.00843. The molecule has 2 rings (SSSR count). The van der Waals surface area contributed by atoms with E-state index >= 15 is 0 Å². The first-order valence-corrected chi connectivity index (χ1v) is 7.80. The maximum Gasteiger partial charge on any atom is 0.0939 e. The summed E-state index contributed by atoms with van der Waals surface area (Å²) in [4.78, 5) is 0. The van der Waals surface area contributed by atoms with Gasteiger partial charge in [-0.05, 0) is 36.5 Å². The van der Waals surface area contributed by atoms with Gasteiger partial charge in [-0.1, -0.05) is 27.7 Å². The molecular weight excluding hydrogens is 238 g/mol. The molecule has 2 saturated heterocycles. The van der Waals surface area contributed by atoms with Crippen LogP contribution in [0.25, 0.3) is 0 Å². The molecule has 2 heterocycles. The van der Waals surface area contributed by atoms with E-state index in [1.165, 1.54) is 0 Å². The van der Waals surface area contributed by atoms with Crippen molar-refractivity contribution in [2.24, 2.45) is 23.0 Å². The third kappa shape index (κ3) is 3.71. The van der Waals surface area contributed by atoms with E-state index in [0.29, 0.717) is 23.3 Å². The molecule has 0 aromatic heterocycles. The summed E-state index contributed by atoms with van der Waals surface area (Å²) in [6.07, 6.45) is 4.36. The van der Waals surface area contributed by atoms with Crippen LogP contribution in [-0.2, 0) is 9.47 Å². The molecule has 2 fully saturated rings. The van der Waals surface area contributed by atoms with E-state index in [9.17, 15) is 0 Å². The number of rotatable bonds is 3. The first-order chi connectivity index (χ1) is 8.82. The van der Waals surface area contributed by atoms with Gasteiger partial charge in [-0.15, -0.1) is 0 Å². The van der Waals surface area contributed by atoms with Crippen LogP contribution < -0.4 is 5.73 Å². The van der Waals surface area contributed by atoms with Gasteiger partial charge in [0.25, 0.3) is 0 Å². The molecule has 2 aliphatic rings. The summed E-state index contributed by atoms with van der Waals surface area (Å²) in [5.41, 5.74) is 6.84. The van der Waals surface area contributed by atoms with Crippen LogP contribution in [0.4, 0.5) is 0 Å².